The van der Waals surface area contributed by atoms with Gasteiger partial charge in [-0.05, 0) is 12.6 Å². The highest BCUT2D eigenvalue weighted by molar-refractivity contribution is 5.83. The van der Waals surface area contributed by atoms with Crippen LogP contribution in [0, 0.1) is 0 Å². The number of nitrogens with zero attached hydrogens (tertiary/aromatic N) is 1. The van der Waals surface area contributed by atoms with E-state index >= 15 is 0 Å². The Hall–Kier alpha value is -1.42. The SMILES string of the molecule is Cn1ccc2cccc(C(F)(F)CCN)c21. The number of benzene rings is 1. The summed E-state index contributed by atoms with van der Waals surface area (Å²) >= 11 is 0. The highest BCUT2D eigenvalue weighted by Gasteiger charge is 2.32. The first-order valence-electron chi connectivity index (χ1n) is 5.18. The molecule has 0 fully saturated rings. The molecule has 0 spiro atoms. The van der Waals surface area contributed by atoms with E-state index in [1.807, 2.05) is 12.1 Å². The first kappa shape index (κ1) is 11.1. The number of aromatic nitrogens is 1. The minimum absolute atomic E-state index is 0.0200. The average molecular weight is 224 g/mol. The van der Waals surface area contributed by atoms with E-state index in [0.29, 0.717) is 5.52 Å². The molecular weight excluding hydrogens is 210 g/mol. The Morgan fingerprint density at radius 1 is 1.31 bits per heavy atom. The largest absolute Gasteiger partial charge is 0.350 e. The smallest absolute Gasteiger partial charge is 0.276 e. The van der Waals surface area contributed by atoms with Gasteiger partial charge in [-0.15, -0.1) is 0 Å². The van der Waals surface area contributed by atoms with Gasteiger partial charge in [0.2, 0.25) is 0 Å². The minimum Gasteiger partial charge on any atom is -0.350 e. The fourth-order valence-corrected chi connectivity index (χ4v) is 1.97. The minimum atomic E-state index is -2.86. The maximum Gasteiger partial charge on any atom is 0.276 e. The second-order valence-electron chi connectivity index (χ2n) is 3.91. The molecule has 0 saturated carbocycles. The number of hydrogen-bond donors (Lipinski definition) is 1. The maximum absolute atomic E-state index is 13.9. The van der Waals surface area contributed by atoms with Crippen LogP contribution < -0.4 is 5.73 Å². The lowest BCUT2D eigenvalue weighted by Gasteiger charge is -2.17. The maximum atomic E-state index is 13.9. The molecular formula is C12H14F2N2. The molecule has 2 nitrogen and oxygen atoms in total. The molecule has 0 unspecified atom stereocenters. The summed E-state index contributed by atoms with van der Waals surface area (Å²) in [5.41, 5.74) is 5.87. The fourth-order valence-electron chi connectivity index (χ4n) is 1.97. The van der Waals surface area contributed by atoms with Gasteiger partial charge < -0.3 is 10.3 Å². The quantitative estimate of drug-likeness (QED) is 0.853. The van der Waals surface area contributed by atoms with E-state index in [1.54, 1.807) is 23.9 Å². The van der Waals surface area contributed by atoms with E-state index in [4.69, 9.17) is 5.73 Å². The van der Waals surface area contributed by atoms with Gasteiger partial charge in [-0.2, -0.15) is 0 Å². The lowest BCUT2D eigenvalue weighted by Crippen LogP contribution is -2.19. The average Bonchev–Trinajstić information content (AvgIpc) is 2.60. The summed E-state index contributed by atoms with van der Waals surface area (Å²) in [4.78, 5) is 0. The van der Waals surface area contributed by atoms with Crippen LogP contribution in [0.3, 0.4) is 0 Å². The number of rotatable bonds is 3. The summed E-state index contributed by atoms with van der Waals surface area (Å²) < 4.78 is 29.4. The van der Waals surface area contributed by atoms with Crippen molar-refractivity contribution in [2.45, 2.75) is 12.3 Å². The molecule has 2 rings (SSSR count). The molecule has 0 radical (unpaired) electrons. The van der Waals surface area contributed by atoms with Gasteiger partial charge in [0, 0.05) is 30.6 Å². The van der Waals surface area contributed by atoms with Crippen LogP contribution in [0.4, 0.5) is 8.78 Å². The van der Waals surface area contributed by atoms with Gasteiger partial charge >= 0.3 is 0 Å². The van der Waals surface area contributed by atoms with E-state index < -0.39 is 5.92 Å². The van der Waals surface area contributed by atoms with Crippen molar-refractivity contribution in [1.82, 2.24) is 4.57 Å². The van der Waals surface area contributed by atoms with E-state index in [-0.39, 0.29) is 18.5 Å². The molecule has 1 aromatic heterocycles. The fraction of sp³-hybridized carbons (Fsp3) is 0.333. The molecule has 4 heteroatoms. The summed E-state index contributed by atoms with van der Waals surface area (Å²) in [6, 6.07) is 6.79. The van der Waals surface area contributed by atoms with Crippen LogP contribution in [-0.4, -0.2) is 11.1 Å². The molecule has 0 aliphatic heterocycles. The molecule has 0 aliphatic carbocycles. The monoisotopic (exact) mass is 224 g/mol. The number of fused-ring (bicyclic) bond motifs is 1. The standard InChI is InChI=1S/C12H14F2N2/c1-16-8-5-9-3-2-4-10(11(9)16)12(13,14)6-7-15/h2-5,8H,6-7,15H2,1H3. The zero-order valence-electron chi connectivity index (χ0n) is 9.08. The van der Waals surface area contributed by atoms with Gasteiger partial charge in [-0.25, -0.2) is 8.78 Å². The highest BCUT2D eigenvalue weighted by Crippen LogP contribution is 2.35. The summed E-state index contributed by atoms with van der Waals surface area (Å²) in [7, 11) is 1.77. The third-order valence-corrected chi connectivity index (χ3v) is 2.75. The van der Waals surface area contributed by atoms with Crippen molar-refractivity contribution in [3.8, 4) is 0 Å². The third-order valence-electron chi connectivity index (χ3n) is 2.75. The van der Waals surface area contributed by atoms with Crippen LogP contribution in [0.15, 0.2) is 30.5 Å². The topological polar surface area (TPSA) is 30.9 Å². The van der Waals surface area contributed by atoms with Gasteiger partial charge in [-0.1, -0.05) is 18.2 Å². The number of aryl methyl sites for hydroxylation is 1. The normalized spacial score (nSPS) is 12.2. The van der Waals surface area contributed by atoms with Crippen LogP contribution >= 0.6 is 0 Å². The Balaban J connectivity index is 2.63. The first-order chi connectivity index (χ1) is 7.56. The third kappa shape index (κ3) is 1.69. The summed E-state index contributed by atoms with van der Waals surface area (Å²) in [6.45, 7) is -0.0200. The van der Waals surface area contributed by atoms with Crippen molar-refractivity contribution in [3.63, 3.8) is 0 Å². The molecule has 0 bridgehead atoms. The van der Waals surface area contributed by atoms with E-state index in [0.717, 1.165) is 5.39 Å². The Labute approximate surface area is 92.7 Å². The predicted molar refractivity (Wildman–Crippen MR) is 60.5 cm³/mol. The molecule has 0 atom stereocenters. The molecule has 0 saturated heterocycles. The van der Waals surface area contributed by atoms with Crippen LogP contribution in [0.2, 0.25) is 0 Å². The Morgan fingerprint density at radius 3 is 2.75 bits per heavy atom. The predicted octanol–water partition coefficient (Wildman–Crippen LogP) is 2.62. The van der Waals surface area contributed by atoms with Crippen molar-refractivity contribution >= 4 is 10.9 Å². The van der Waals surface area contributed by atoms with Gasteiger partial charge in [0.05, 0.1) is 5.52 Å². The number of para-hydroxylation sites is 1. The van der Waals surface area contributed by atoms with Crippen LogP contribution in [0.25, 0.3) is 10.9 Å². The lowest BCUT2D eigenvalue weighted by molar-refractivity contribution is -0.00942. The van der Waals surface area contributed by atoms with Crippen molar-refractivity contribution in [3.05, 3.63) is 36.0 Å². The lowest BCUT2D eigenvalue weighted by atomic mass is 10.0. The van der Waals surface area contributed by atoms with Crippen molar-refractivity contribution < 1.29 is 8.78 Å². The summed E-state index contributed by atoms with van der Waals surface area (Å²) in [5.74, 6) is -2.86. The van der Waals surface area contributed by atoms with E-state index in [1.165, 1.54) is 6.07 Å². The second-order valence-corrected chi connectivity index (χ2v) is 3.91. The Bertz CT molecular complexity index is 503. The number of nitrogens with two attached hydrogens (primary N) is 1. The molecule has 2 N–H and O–H groups in total. The van der Waals surface area contributed by atoms with Gasteiger partial charge in [0.25, 0.3) is 5.92 Å². The van der Waals surface area contributed by atoms with Gasteiger partial charge in [0.1, 0.15) is 0 Å². The van der Waals surface area contributed by atoms with E-state index in [2.05, 4.69) is 0 Å². The molecule has 1 aromatic carbocycles. The molecule has 2 aromatic rings. The zero-order chi connectivity index (χ0) is 11.8. The summed E-state index contributed by atoms with van der Waals surface area (Å²) in [5, 5.41) is 0.830. The Kier molecular flexibility index (Phi) is 2.68. The molecule has 1 heterocycles. The number of hydrogen-bond acceptors (Lipinski definition) is 1. The zero-order valence-corrected chi connectivity index (χ0v) is 9.08. The number of alkyl halides is 2. The number of halogens is 2. The summed E-state index contributed by atoms with van der Waals surface area (Å²) in [6.07, 6.45) is 1.46. The second kappa shape index (κ2) is 3.87. The van der Waals surface area contributed by atoms with Crippen LogP contribution in [0.1, 0.15) is 12.0 Å². The van der Waals surface area contributed by atoms with E-state index in [9.17, 15) is 8.78 Å². The Morgan fingerprint density at radius 2 is 2.06 bits per heavy atom. The van der Waals surface area contributed by atoms with Gasteiger partial charge in [0.15, 0.2) is 0 Å². The molecule has 0 aliphatic rings. The van der Waals surface area contributed by atoms with Crippen LogP contribution in [0.5, 0.6) is 0 Å². The van der Waals surface area contributed by atoms with Crippen molar-refractivity contribution in [2.75, 3.05) is 6.54 Å². The molecule has 16 heavy (non-hydrogen) atoms. The first-order valence-corrected chi connectivity index (χ1v) is 5.18. The van der Waals surface area contributed by atoms with Gasteiger partial charge in [-0.3, -0.25) is 0 Å². The molecule has 86 valence electrons. The molecule has 0 amide bonds. The van der Waals surface area contributed by atoms with Crippen molar-refractivity contribution in [2.24, 2.45) is 12.8 Å². The highest BCUT2D eigenvalue weighted by atomic mass is 19.3. The van der Waals surface area contributed by atoms with Crippen LogP contribution in [-0.2, 0) is 13.0 Å². The van der Waals surface area contributed by atoms with Crippen molar-refractivity contribution in [1.29, 1.82) is 0 Å².